The van der Waals surface area contributed by atoms with E-state index in [1.165, 1.54) is 0 Å². The van der Waals surface area contributed by atoms with Crippen LogP contribution in [0.25, 0.3) is 0 Å². The van der Waals surface area contributed by atoms with Crippen LogP contribution in [0.2, 0.25) is 0 Å². The van der Waals surface area contributed by atoms with Gasteiger partial charge in [-0.25, -0.2) is 0 Å². The van der Waals surface area contributed by atoms with E-state index in [0.29, 0.717) is 12.0 Å². The number of carbonyl (C=O) groups excluding carboxylic acids is 3. The van der Waals surface area contributed by atoms with E-state index in [0.717, 1.165) is 5.57 Å². The molecule has 2 N–H and O–H groups in total. The number of nitrogens with one attached hydrogen (secondary N) is 2. The fraction of sp³-hybridized carbons (Fsp3) is 0.438. The van der Waals surface area contributed by atoms with Crippen LogP contribution < -0.4 is 10.6 Å². The summed E-state index contributed by atoms with van der Waals surface area (Å²) in [5, 5.41) is 4.81. The minimum atomic E-state index is -0.663. The Balaban J connectivity index is 0.00000191. The van der Waals surface area contributed by atoms with Gasteiger partial charge in [-0.2, -0.15) is 0 Å². The Kier molecular flexibility index (Phi) is 8.69. The van der Waals surface area contributed by atoms with Gasteiger partial charge in [0.1, 0.15) is 6.04 Å². The lowest BCUT2D eigenvalue weighted by molar-refractivity contribution is -0.136. The van der Waals surface area contributed by atoms with Gasteiger partial charge < -0.3 is 5.32 Å². The number of hydrogen-bond donors (Lipinski definition) is 2. The van der Waals surface area contributed by atoms with Crippen molar-refractivity contribution in [3.8, 4) is 0 Å². The quantitative estimate of drug-likeness (QED) is 0.473. The van der Waals surface area contributed by atoms with Crippen molar-refractivity contribution in [3.05, 3.63) is 36.0 Å². The molecule has 0 saturated carbocycles. The molecule has 0 aromatic heterocycles. The smallest absolute Gasteiger partial charge is 0.251 e. The van der Waals surface area contributed by atoms with Gasteiger partial charge >= 0.3 is 0 Å². The third-order valence-corrected chi connectivity index (χ3v) is 2.55. The Hall–Kier alpha value is -2.17. The van der Waals surface area contributed by atoms with E-state index in [-0.39, 0.29) is 18.2 Å². The first kappa shape index (κ1) is 18.8. The van der Waals surface area contributed by atoms with E-state index in [2.05, 4.69) is 17.2 Å². The molecule has 1 heterocycles. The van der Waals surface area contributed by atoms with Crippen LogP contribution in [0.1, 0.15) is 40.5 Å². The summed E-state index contributed by atoms with van der Waals surface area (Å²) in [5.41, 5.74) is 1.17. The fourth-order valence-electron chi connectivity index (χ4n) is 1.71. The number of imide groups is 1. The number of piperidine rings is 1. The topological polar surface area (TPSA) is 75.3 Å². The monoisotopic (exact) mass is 292 g/mol. The van der Waals surface area contributed by atoms with E-state index in [1.807, 2.05) is 13.8 Å². The molecule has 0 bridgehead atoms. The van der Waals surface area contributed by atoms with Gasteiger partial charge in [-0.05, 0) is 26.3 Å². The molecule has 0 radical (unpaired) electrons. The Morgan fingerprint density at radius 2 is 2.00 bits per heavy atom. The Morgan fingerprint density at radius 1 is 1.38 bits per heavy atom. The van der Waals surface area contributed by atoms with Crippen molar-refractivity contribution >= 4 is 17.7 Å². The summed E-state index contributed by atoms with van der Waals surface area (Å²) in [6.07, 6.45) is 5.59. The summed E-state index contributed by atoms with van der Waals surface area (Å²) in [6.45, 7) is 11.3. The largest absolute Gasteiger partial charge is 0.340 e. The van der Waals surface area contributed by atoms with Crippen LogP contribution >= 0.6 is 0 Å². The Bertz CT molecular complexity index is 476. The van der Waals surface area contributed by atoms with Crippen LogP contribution in [0.4, 0.5) is 0 Å². The Morgan fingerprint density at radius 3 is 2.48 bits per heavy atom. The second kappa shape index (κ2) is 9.69. The lowest BCUT2D eigenvalue weighted by atomic mass is 10.0. The number of rotatable bonds is 4. The molecule has 1 saturated heterocycles. The molecule has 0 aromatic rings. The lowest BCUT2D eigenvalue weighted by Crippen LogP contribution is -2.52. The fourth-order valence-corrected chi connectivity index (χ4v) is 1.71. The standard InChI is InChI=1S/C14H18N2O3.C2H6/c1-4-5-10(8-9(2)3)13(18)15-11-6-7-12(17)16-14(11)19;1-2/h4-5,8,11H,2,6-7H2,1,3H3,(H,15,18)(H,16,17,19);1-2H3/b5-4-,10-8+;. The van der Waals surface area contributed by atoms with Crippen LogP contribution in [0.3, 0.4) is 0 Å². The van der Waals surface area contributed by atoms with Crippen LogP contribution in [0.15, 0.2) is 36.0 Å². The molecule has 116 valence electrons. The summed E-state index contributed by atoms with van der Waals surface area (Å²) in [6, 6.07) is -0.663. The second-order valence-corrected chi connectivity index (χ2v) is 4.42. The second-order valence-electron chi connectivity index (χ2n) is 4.42. The molecule has 1 aliphatic rings. The van der Waals surface area contributed by atoms with Crippen LogP contribution in [-0.4, -0.2) is 23.8 Å². The van der Waals surface area contributed by atoms with Gasteiger partial charge in [0.25, 0.3) is 5.91 Å². The normalized spacial score (nSPS) is 18.7. The third-order valence-electron chi connectivity index (χ3n) is 2.55. The summed E-state index contributed by atoms with van der Waals surface area (Å²) in [5.74, 6) is -1.11. The van der Waals surface area contributed by atoms with Gasteiger partial charge in [-0.3, -0.25) is 19.7 Å². The van der Waals surface area contributed by atoms with Crippen LogP contribution in [0.5, 0.6) is 0 Å². The average molecular weight is 292 g/mol. The van der Waals surface area contributed by atoms with Gasteiger partial charge in [0.15, 0.2) is 0 Å². The minimum Gasteiger partial charge on any atom is -0.340 e. The zero-order valence-corrected chi connectivity index (χ0v) is 13.2. The molecule has 1 aliphatic heterocycles. The summed E-state index contributed by atoms with van der Waals surface area (Å²) >= 11 is 0. The first-order chi connectivity index (χ1) is 9.93. The van der Waals surface area contributed by atoms with Crippen molar-refractivity contribution in [1.29, 1.82) is 0 Å². The van der Waals surface area contributed by atoms with E-state index < -0.39 is 11.9 Å². The lowest BCUT2D eigenvalue weighted by Gasteiger charge is -2.22. The van der Waals surface area contributed by atoms with E-state index >= 15 is 0 Å². The maximum absolute atomic E-state index is 12.0. The highest BCUT2D eigenvalue weighted by Gasteiger charge is 2.28. The maximum atomic E-state index is 12.0. The van der Waals surface area contributed by atoms with Crippen molar-refractivity contribution in [3.63, 3.8) is 0 Å². The van der Waals surface area contributed by atoms with E-state index in [4.69, 9.17) is 0 Å². The molecule has 1 unspecified atom stereocenters. The minimum absolute atomic E-state index is 0.236. The molecule has 5 heteroatoms. The number of amides is 3. The molecular weight excluding hydrogens is 268 g/mol. The average Bonchev–Trinajstić information content (AvgIpc) is 2.43. The summed E-state index contributed by atoms with van der Waals surface area (Å²) in [4.78, 5) is 34.6. The molecule has 1 atom stereocenters. The molecular formula is C16H24N2O3. The van der Waals surface area contributed by atoms with Crippen molar-refractivity contribution in [1.82, 2.24) is 10.6 Å². The van der Waals surface area contributed by atoms with Crippen molar-refractivity contribution < 1.29 is 14.4 Å². The zero-order valence-electron chi connectivity index (χ0n) is 13.2. The highest BCUT2D eigenvalue weighted by Crippen LogP contribution is 2.08. The number of carbonyl (C=O) groups is 3. The van der Waals surface area contributed by atoms with Crippen LogP contribution in [0, 0.1) is 0 Å². The molecule has 5 nitrogen and oxygen atoms in total. The molecule has 0 aromatic carbocycles. The van der Waals surface area contributed by atoms with Gasteiger partial charge in [-0.1, -0.05) is 38.2 Å². The van der Waals surface area contributed by atoms with Gasteiger partial charge in [0, 0.05) is 12.0 Å². The first-order valence-electron chi connectivity index (χ1n) is 7.08. The Labute approximate surface area is 126 Å². The van der Waals surface area contributed by atoms with Gasteiger partial charge in [0.2, 0.25) is 11.8 Å². The predicted octanol–water partition coefficient (Wildman–Crippen LogP) is 2.01. The van der Waals surface area contributed by atoms with Crippen LogP contribution in [-0.2, 0) is 14.4 Å². The first-order valence-corrected chi connectivity index (χ1v) is 7.08. The SMILES string of the molecule is C=C(C)/C=C(\C=C/C)C(=O)NC1CCC(=O)NC1=O.CC. The number of hydrogen-bond acceptors (Lipinski definition) is 3. The van der Waals surface area contributed by atoms with Gasteiger partial charge in [0.05, 0.1) is 0 Å². The highest BCUT2D eigenvalue weighted by molar-refractivity contribution is 6.04. The summed E-state index contributed by atoms with van der Waals surface area (Å²) < 4.78 is 0. The number of allylic oxidation sites excluding steroid dienone is 3. The summed E-state index contributed by atoms with van der Waals surface area (Å²) in [7, 11) is 0. The maximum Gasteiger partial charge on any atom is 0.251 e. The molecule has 1 rings (SSSR count). The van der Waals surface area contributed by atoms with E-state index in [9.17, 15) is 14.4 Å². The zero-order chi connectivity index (χ0) is 16.4. The molecule has 21 heavy (non-hydrogen) atoms. The van der Waals surface area contributed by atoms with Gasteiger partial charge in [-0.15, -0.1) is 0 Å². The highest BCUT2D eigenvalue weighted by atomic mass is 16.2. The predicted molar refractivity (Wildman–Crippen MR) is 83.4 cm³/mol. The van der Waals surface area contributed by atoms with E-state index in [1.54, 1.807) is 32.1 Å². The van der Waals surface area contributed by atoms with Crippen molar-refractivity contribution in [2.24, 2.45) is 0 Å². The molecule has 1 fully saturated rings. The molecule has 0 aliphatic carbocycles. The molecule has 0 spiro atoms. The third kappa shape index (κ3) is 6.70. The van der Waals surface area contributed by atoms with Crippen molar-refractivity contribution in [2.45, 2.75) is 46.6 Å². The van der Waals surface area contributed by atoms with Crippen molar-refractivity contribution in [2.75, 3.05) is 0 Å². The molecule has 3 amide bonds.